The van der Waals surface area contributed by atoms with E-state index < -0.39 is 47.2 Å². The largest absolute Gasteiger partial charge is 0.464 e. The van der Waals surface area contributed by atoms with Crippen molar-refractivity contribution in [2.24, 2.45) is 10.4 Å². The zero-order valence-electron chi connectivity index (χ0n) is 40.9. The summed E-state index contributed by atoms with van der Waals surface area (Å²) in [5.41, 5.74) is 9.48. The van der Waals surface area contributed by atoms with E-state index in [0.29, 0.717) is 67.2 Å². The second kappa shape index (κ2) is 19.4. The van der Waals surface area contributed by atoms with Crippen LogP contribution in [0.15, 0.2) is 35.5 Å². The van der Waals surface area contributed by atoms with Gasteiger partial charge in [-0.1, -0.05) is 19.9 Å². The Balaban J connectivity index is 1.17. The number of aryl methyl sites for hydroxylation is 1. The Morgan fingerprint density at radius 2 is 1.82 bits per heavy atom. The molecule has 2 aromatic heterocycles. The van der Waals surface area contributed by atoms with Gasteiger partial charge < -0.3 is 33.6 Å². The molecule has 1 aromatic carbocycles. The summed E-state index contributed by atoms with van der Waals surface area (Å²) in [4.78, 5) is 55.4. The molecule has 7 atom stereocenters. The molecule has 2 N–H and O–H groups in total. The lowest BCUT2D eigenvalue weighted by Crippen LogP contribution is -2.63. The van der Waals surface area contributed by atoms with E-state index in [0.717, 1.165) is 65.0 Å². The minimum Gasteiger partial charge on any atom is -0.464 e. The fourth-order valence-electron chi connectivity index (χ4n) is 11.1. The first-order chi connectivity index (χ1) is 32.1. The number of aliphatic imine (C=N–C) groups is 1. The predicted molar refractivity (Wildman–Crippen MR) is 259 cm³/mol. The molecule has 15 nitrogen and oxygen atoms in total. The minimum atomic E-state index is -1.19. The molecular formula is C51H71N7O8S. The number of nitrogens with zero attached hydrogens (tertiary/aromatic N) is 5. The molecule has 0 spiro atoms. The first-order valence-electron chi connectivity index (χ1n) is 24.6. The summed E-state index contributed by atoms with van der Waals surface area (Å²) in [6.07, 6.45) is 6.51. The number of methoxy groups -OCH3 is 1. The van der Waals surface area contributed by atoms with Gasteiger partial charge in [0, 0.05) is 78.8 Å². The van der Waals surface area contributed by atoms with E-state index in [2.05, 4.69) is 78.4 Å². The third kappa shape index (κ3) is 10.0. The molecule has 3 aromatic rings. The second-order valence-corrected chi connectivity index (χ2v) is 22.2. The van der Waals surface area contributed by atoms with Gasteiger partial charge in [-0.05, 0) is 127 Å². The number of aromatic nitrogens is 2. The van der Waals surface area contributed by atoms with E-state index in [9.17, 15) is 14.4 Å². The molecule has 6 aliphatic rings. The highest BCUT2D eigenvalue weighted by atomic mass is 32.2. The second-order valence-electron chi connectivity index (χ2n) is 21.2. The molecule has 67 heavy (non-hydrogen) atoms. The predicted octanol–water partition coefficient (Wildman–Crippen LogP) is 7.65. The first-order valence-corrected chi connectivity index (χ1v) is 25.6. The number of carbonyl (C=O) groups is 3. The van der Waals surface area contributed by atoms with Crippen LogP contribution in [-0.2, 0) is 46.2 Å². The van der Waals surface area contributed by atoms with Crippen LogP contribution in [0.2, 0.25) is 0 Å². The molecule has 16 heteroatoms. The normalized spacial score (nSPS) is 28.7. The summed E-state index contributed by atoms with van der Waals surface area (Å²) in [7, 11) is 1.74. The van der Waals surface area contributed by atoms with Gasteiger partial charge in [-0.25, -0.2) is 10.2 Å². The van der Waals surface area contributed by atoms with Gasteiger partial charge in [0.2, 0.25) is 0 Å². The lowest BCUT2D eigenvalue weighted by Gasteiger charge is -2.49. The van der Waals surface area contributed by atoms with Crippen LogP contribution < -0.4 is 10.7 Å². The number of esters is 1. The Morgan fingerprint density at radius 3 is 2.51 bits per heavy atom. The standard InChI is InChI=1S/C51H71N7O8S/c1-10-56-41-17-14-30-21-36(41)38(44(56)37-22-32(24-52-42(37)29(3)62-9)31-19-34-25-63-26-35(20-31)58(34)33-15-16-33)23-51(7,8)28-65-48(60)39-13-12-18-57(55-39)47(59)43(54-49(61)66-50(4,5)6)45(64-11-2)46-53-40(30)27-67-46/h14,17,21-22,24,29,31,33-35,39-40,43,45,55H,10-13,15-16,18-20,23,25-28H2,1-9H3,(H,54,61)/t29-,34-,35-,39-,40?,43-,45-/m0/s1. The Bertz CT molecular complexity index is 2360. The van der Waals surface area contributed by atoms with Crippen molar-refractivity contribution in [2.45, 2.75) is 167 Å². The number of alkyl carbamates (subject to hydrolysis) is 1. The highest BCUT2D eigenvalue weighted by Gasteiger charge is 2.47. The zero-order valence-corrected chi connectivity index (χ0v) is 41.7. The topological polar surface area (TPSA) is 158 Å². The van der Waals surface area contributed by atoms with Crippen LogP contribution in [0.3, 0.4) is 0 Å². The maximum Gasteiger partial charge on any atom is 0.408 e. The smallest absolute Gasteiger partial charge is 0.408 e. The number of benzene rings is 1. The molecule has 4 fully saturated rings. The number of rotatable bonds is 9. The number of morpholine rings is 1. The molecule has 1 unspecified atom stereocenters. The molecule has 1 saturated carbocycles. The van der Waals surface area contributed by atoms with E-state index in [1.54, 1.807) is 27.9 Å². The van der Waals surface area contributed by atoms with Crippen LogP contribution in [0.4, 0.5) is 4.79 Å². The summed E-state index contributed by atoms with van der Waals surface area (Å²) in [6, 6.07) is 8.41. The average molecular weight is 942 g/mol. The third-order valence-electron chi connectivity index (χ3n) is 14.3. The number of hydrazine groups is 1. The fraction of sp³-hybridized carbons (Fsp3) is 0.667. The molecule has 2 amide bonds. The lowest BCUT2D eigenvalue weighted by molar-refractivity contribution is -0.155. The van der Waals surface area contributed by atoms with E-state index in [1.165, 1.54) is 35.2 Å². The van der Waals surface area contributed by atoms with Gasteiger partial charge in [0.25, 0.3) is 5.91 Å². The highest BCUT2D eigenvalue weighted by Crippen LogP contribution is 2.47. The summed E-state index contributed by atoms with van der Waals surface area (Å²) in [6.45, 7) is 18.8. The van der Waals surface area contributed by atoms with Gasteiger partial charge in [0.15, 0.2) is 0 Å². The summed E-state index contributed by atoms with van der Waals surface area (Å²) < 4.78 is 32.9. The number of thioether (sulfide) groups is 1. The number of ether oxygens (including phenoxy) is 5. The van der Waals surface area contributed by atoms with Crippen molar-refractivity contribution in [1.82, 2.24) is 30.2 Å². The molecule has 5 aliphatic heterocycles. The Hall–Kier alpha value is -4.06. The van der Waals surface area contributed by atoms with Gasteiger partial charge in [-0.3, -0.25) is 29.5 Å². The van der Waals surface area contributed by atoms with E-state index in [-0.39, 0.29) is 25.4 Å². The number of piperidine rings is 1. The molecule has 7 heterocycles. The number of amides is 2. The summed E-state index contributed by atoms with van der Waals surface area (Å²) in [5.74, 6) is 0.101. The van der Waals surface area contributed by atoms with Gasteiger partial charge in [-0.2, -0.15) is 0 Å². The van der Waals surface area contributed by atoms with Crippen molar-refractivity contribution in [1.29, 1.82) is 0 Å². The molecule has 0 radical (unpaired) electrons. The number of nitrogens with one attached hydrogen (secondary N) is 2. The molecule has 1 aliphatic carbocycles. The van der Waals surface area contributed by atoms with Crippen molar-refractivity contribution in [3.8, 4) is 11.3 Å². The van der Waals surface area contributed by atoms with Gasteiger partial charge in [0.05, 0.1) is 43.4 Å². The van der Waals surface area contributed by atoms with Gasteiger partial charge in [-0.15, -0.1) is 11.8 Å². The van der Waals surface area contributed by atoms with Crippen LogP contribution in [0.25, 0.3) is 22.2 Å². The molecule has 364 valence electrons. The van der Waals surface area contributed by atoms with Crippen LogP contribution >= 0.6 is 11.8 Å². The molecule has 8 bridgehead atoms. The van der Waals surface area contributed by atoms with Crippen molar-refractivity contribution in [3.63, 3.8) is 0 Å². The van der Waals surface area contributed by atoms with Crippen molar-refractivity contribution >= 4 is 45.7 Å². The van der Waals surface area contributed by atoms with E-state index in [4.69, 9.17) is 33.7 Å². The minimum absolute atomic E-state index is 0.155. The first kappa shape index (κ1) is 48.0. The quantitative estimate of drug-likeness (QED) is 0.202. The van der Waals surface area contributed by atoms with Gasteiger partial charge >= 0.3 is 12.1 Å². The van der Waals surface area contributed by atoms with Crippen LogP contribution in [0.5, 0.6) is 0 Å². The fourth-order valence-corrected chi connectivity index (χ4v) is 12.2. The monoisotopic (exact) mass is 942 g/mol. The summed E-state index contributed by atoms with van der Waals surface area (Å²) >= 11 is 1.53. The van der Waals surface area contributed by atoms with Crippen molar-refractivity contribution < 1.29 is 38.1 Å². The zero-order chi connectivity index (χ0) is 47.4. The Morgan fingerprint density at radius 1 is 1.06 bits per heavy atom. The maximum absolute atomic E-state index is 14.6. The van der Waals surface area contributed by atoms with Gasteiger partial charge in [0.1, 0.15) is 28.8 Å². The molecule has 9 rings (SSSR count). The number of cyclic esters (lactones) is 1. The molecular weight excluding hydrogens is 871 g/mol. The van der Waals surface area contributed by atoms with Crippen molar-refractivity contribution in [3.05, 3.63) is 52.8 Å². The van der Waals surface area contributed by atoms with Crippen LogP contribution in [0, 0.1) is 5.41 Å². The number of hydrogen-bond acceptors (Lipinski definition) is 13. The lowest BCUT2D eigenvalue weighted by atomic mass is 9.80. The highest BCUT2D eigenvalue weighted by molar-refractivity contribution is 8.14. The Kier molecular flexibility index (Phi) is 13.9. The SMILES string of the molecule is CCO[C@@H]1C2=NC(CS2)c2ccc3c(c2)c(c(-c2cc(C4C[C@H]5COC[C@H](C4)N5C4CC4)cnc2[C@H](C)OC)n3CC)CC(C)(C)COC(=O)[C@@H]2CCCN(N2)C(=O)[C@H]1NC(=O)OC(C)(C)C. The molecule has 3 saturated heterocycles. The van der Waals surface area contributed by atoms with E-state index in [1.807, 2.05) is 6.92 Å². The van der Waals surface area contributed by atoms with Crippen molar-refractivity contribution in [2.75, 3.05) is 45.8 Å². The van der Waals surface area contributed by atoms with Crippen LogP contribution in [0.1, 0.15) is 134 Å². The Labute approximate surface area is 399 Å². The third-order valence-corrected chi connectivity index (χ3v) is 15.5. The average Bonchev–Trinajstić information content (AvgIpc) is 3.95. The number of fused-ring (bicyclic) bond motifs is 7. The van der Waals surface area contributed by atoms with Crippen LogP contribution in [-0.4, -0.2) is 130 Å². The maximum atomic E-state index is 14.6. The number of pyridine rings is 1. The van der Waals surface area contributed by atoms with E-state index >= 15 is 0 Å². The number of carbonyl (C=O) groups excluding carboxylic acids is 3. The summed E-state index contributed by atoms with van der Waals surface area (Å²) in [5, 5.41) is 6.00. The number of hydrogen-bond donors (Lipinski definition) is 2.